The molecule has 24 heavy (non-hydrogen) atoms. The number of carboxylic acid groups (broad SMARTS) is 1. The molecule has 0 bridgehead atoms. The standard InChI is InChI=1S/C17H21N3O4/c1-5-20(6-2)15-9-14(19-11(3)21)12(8-16(15)24-4)7-13(10-18)17(22)23/h7-9H,5-6H2,1-4H3,(H,19,21)(H,22,23). The van der Waals surface area contributed by atoms with Crippen LogP contribution in [0.2, 0.25) is 0 Å². The SMILES string of the molecule is CCN(CC)c1cc(NC(C)=O)c(C=C(C#N)C(=O)O)cc1OC. The molecule has 0 fully saturated rings. The quantitative estimate of drug-likeness (QED) is 0.588. The molecule has 1 rings (SSSR count). The van der Waals surface area contributed by atoms with E-state index in [1.54, 1.807) is 18.2 Å². The maximum atomic E-state index is 11.5. The van der Waals surface area contributed by atoms with Crippen molar-refractivity contribution in [3.8, 4) is 11.8 Å². The van der Waals surface area contributed by atoms with E-state index in [9.17, 15) is 9.59 Å². The predicted molar refractivity (Wildman–Crippen MR) is 92.1 cm³/mol. The highest BCUT2D eigenvalue weighted by Crippen LogP contribution is 2.35. The van der Waals surface area contributed by atoms with E-state index in [-0.39, 0.29) is 5.91 Å². The van der Waals surface area contributed by atoms with Gasteiger partial charge in [0.2, 0.25) is 5.91 Å². The molecule has 0 aliphatic carbocycles. The van der Waals surface area contributed by atoms with Crippen LogP contribution in [0.15, 0.2) is 17.7 Å². The van der Waals surface area contributed by atoms with Crippen LogP contribution in [-0.2, 0) is 9.59 Å². The Morgan fingerprint density at radius 3 is 2.42 bits per heavy atom. The van der Waals surface area contributed by atoms with Crippen LogP contribution in [0.4, 0.5) is 11.4 Å². The molecular weight excluding hydrogens is 310 g/mol. The van der Waals surface area contributed by atoms with E-state index < -0.39 is 11.5 Å². The minimum Gasteiger partial charge on any atom is -0.495 e. The summed E-state index contributed by atoms with van der Waals surface area (Å²) in [5.74, 6) is -1.10. The molecule has 0 aromatic heterocycles. The summed E-state index contributed by atoms with van der Waals surface area (Å²) in [6.45, 7) is 6.82. The molecule has 1 aromatic rings. The molecule has 0 aliphatic rings. The van der Waals surface area contributed by atoms with Gasteiger partial charge in [0.25, 0.3) is 0 Å². The molecular formula is C17H21N3O4. The van der Waals surface area contributed by atoms with Crippen molar-refractivity contribution in [1.82, 2.24) is 0 Å². The lowest BCUT2D eigenvalue weighted by molar-refractivity contribution is -0.132. The number of methoxy groups -OCH3 is 1. The first kappa shape index (κ1) is 19.0. The fraction of sp³-hybridized carbons (Fsp3) is 0.353. The van der Waals surface area contributed by atoms with Crippen LogP contribution in [0, 0.1) is 11.3 Å². The van der Waals surface area contributed by atoms with E-state index in [0.717, 1.165) is 18.8 Å². The van der Waals surface area contributed by atoms with Crippen LogP contribution in [0.5, 0.6) is 5.75 Å². The number of carbonyl (C=O) groups excluding carboxylic acids is 1. The van der Waals surface area contributed by atoms with Gasteiger partial charge in [-0.2, -0.15) is 5.26 Å². The average Bonchev–Trinajstić information content (AvgIpc) is 2.54. The van der Waals surface area contributed by atoms with Gasteiger partial charge in [-0.05, 0) is 32.1 Å². The highest BCUT2D eigenvalue weighted by Gasteiger charge is 2.16. The summed E-state index contributed by atoms with van der Waals surface area (Å²) < 4.78 is 5.39. The Hall–Kier alpha value is -3.01. The zero-order chi connectivity index (χ0) is 18.3. The Balaban J connectivity index is 3.60. The molecule has 0 unspecified atom stereocenters. The highest BCUT2D eigenvalue weighted by molar-refractivity contribution is 5.99. The predicted octanol–water partition coefficient (Wildman–Crippen LogP) is 2.49. The Labute approximate surface area is 141 Å². The number of hydrogen-bond acceptors (Lipinski definition) is 5. The number of ether oxygens (including phenoxy) is 1. The Bertz CT molecular complexity index is 701. The fourth-order valence-electron chi connectivity index (χ4n) is 2.27. The number of nitrogens with one attached hydrogen (secondary N) is 1. The molecule has 0 radical (unpaired) electrons. The normalized spacial score (nSPS) is 10.7. The number of nitriles is 1. The summed E-state index contributed by atoms with van der Waals surface area (Å²) in [6, 6.07) is 4.95. The van der Waals surface area contributed by atoms with E-state index >= 15 is 0 Å². The van der Waals surface area contributed by atoms with Gasteiger partial charge in [0.05, 0.1) is 18.5 Å². The molecule has 7 heteroatoms. The summed E-state index contributed by atoms with van der Waals surface area (Å²) in [6.07, 6.45) is 1.21. The van der Waals surface area contributed by atoms with Crippen LogP contribution in [0.3, 0.4) is 0 Å². The largest absolute Gasteiger partial charge is 0.495 e. The molecule has 1 amide bonds. The van der Waals surface area contributed by atoms with Gasteiger partial charge in [0.15, 0.2) is 0 Å². The van der Waals surface area contributed by atoms with Gasteiger partial charge >= 0.3 is 5.97 Å². The van der Waals surface area contributed by atoms with Gasteiger partial charge in [-0.3, -0.25) is 4.79 Å². The Morgan fingerprint density at radius 2 is 2.00 bits per heavy atom. The van der Waals surface area contributed by atoms with E-state index in [2.05, 4.69) is 5.32 Å². The number of nitrogens with zero attached hydrogens (tertiary/aromatic N) is 2. The number of hydrogen-bond donors (Lipinski definition) is 2. The molecule has 128 valence electrons. The zero-order valence-electron chi connectivity index (χ0n) is 14.2. The zero-order valence-corrected chi connectivity index (χ0v) is 14.2. The van der Waals surface area contributed by atoms with Crippen molar-refractivity contribution < 1.29 is 19.4 Å². The first-order valence-electron chi connectivity index (χ1n) is 7.47. The van der Waals surface area contributed by atoms with E-state index in [0.29, 0.717) is 17.0 Å². The van der Waals surface area contributed by atoms with E-state index in [1.165, 1.54) is 20.1 Å². The van der Waals surface area contributed by atoms with E-state index in [4.69, 9.17) is 15.1 Å². The second kappa shape index (κ2) is 8.58. The molecule has 0 saturated heterocycles. The van der Waals surface area contributed by atoms with Crippen molar-refractivity contribution in [2.75, 3.05) is 30.4 Å². The first-order valence-corrected chi connectivity index (χ1v) is 7.47. The molecule has 7 nitrogen and oxygen atoms in total. The summed E-state index contributed by atoms with van der Waals surface area (Å²) in [4.78, 5) is 24.6. The smallest absolute Gasteiger partial charge is 0.346 e. The van der Waals surface area contributed by atoms with Gasteiger partial charge in [-0.15, -0.1) is 0 Å². The fourth-order valence-corrected chi connectivity index (χ4v) is 2.27. The second-order valence-corrected chi connectivity index (χ2v) is 4.94. The summed E-state index contributed by atoms with van der Waals surface area (Å²) in [5.41, 5.74) is 1.15. The summed E-state index contributed by atoms with van der Waals surface area (Å²) in [7, 11) is 1.51. The van der Waals surface area contributed by atoms with Crippen molar-refractivity contribution in [2.24, 2.45) is 0 Å². The van der Waals surface area contributed by atoms with Gasteiger partial charge in [0, 0.05) is 25.6 Å². The molecule has 0 heterocycles. The maximum absolute atomic E-state index is 11.5. The Morgan fingerprint density at radius 1 is 1.38 bits per heavy atom. The van der Waals surface area contributed by atoms with Crippen molar-refractivity contribution in [3.05, 3.63) is 23.3 Å². The lowest BCUT2D eigenvalue weighted by Gasteiger charge is -2.25. The van der Waals surface area contributed by atoms with Gasteiger partial charge in [-0.25, -0.2) is 4.79 Å². The van der Waals surface area contributed by atoms with Crippen LogP contribution in [-0.4, -0.2) is 37.2 Å². The minimum atomic E-state index is -1.34. The molecule has 1 aromatic carbocycles. The molecule has 0 atom stereocenters. The third-order valence-electron chi connectivity index (χ3n) is 3.42. The number of carboxylic acids is 1. The van der Waals surface area contributed by atoms with Crippen molar-refractivity contribution >= 4 is 29.3 Å². The lowest BCUT2D eigenvalue weighted by atomic mass is 10.1. The average molecular weight is 331 g/mol. The number of carbonyl (C=O) groups is 2. The third kappa shape index (κ3) is 4.49. The second-order valence-electron chi connectivity index (χ2n) is 4.94. The molecule has 2 N–H and O–H groups in total. The topological polar surface area (TPSA) is 103 Å². The number of benzene rings is 1. The lowest BCUT2D eigenvalue weighted by Crippen LogP contribution is -2.23. The van der Waals surface area contributed by atoms with Gasteiger partial charge < -0.3 is 20.1 Å². The monoisotopic (exact) mass is 331 g/mol. The van der Waals surface area contributed by atoms with Crippen LogP contribution in [0.25, 0.3) is 6.08 Å². The molecule has 0 saturated carbocycles. The highest BCUT2D eigenvalue weighted by atomic mass is 16.5. The Kier molecular flexibility index (Phi) is 6.80. The first-order chi connectivity index (χ1) is 11.4. The molecule has 0 aliphatic heterocycles. The van der Waals surface area contributed by atoms with Gasteiger partial charge in [-0.1, -0.05) is 0 Å². The number of anilines is 2. The van der Waals surface area contributed by atoms with Crippen molar-refractivity contribution in [3.63, 3.8) is 0 Å². The van der Waals surface area contributed by atoms with Crippen molar-refractivity contribution in [1.29, 1.82) is 5.26 Å². The van der Waals surface area contributed by atoms with Crippen LogP contribution < -0.4 is 15.0 Å². The van der Waals surface area contributed by atoms with Gasteiger partial charge in [0.1, 0.15) is 17.4 Å². The third-order valence-corrected chi connectivity index (χ3v) is 3.42. The van der Waals surface area contributed by atoms with Crippen LogP contribution >= 0.6 is 0 Å². The molecule has 0 spiro atoms. The summed E-state index contributed by atoms with van der Waals surface area (Å²) in [5, 5.41) is 20.7. The minimum absolute atomic E-state index is 0.297. The summed E-state index contributed by atoms with van der Waals surface area (Å²) >= 11 is 0. The van der Waals surface area contributed by atoms with Crippen LogP contribution in [0.1, 0.15) is 26.3 Å². The number of amides is 1. The maximum Gasteiger partial charge on any atom is 0.346 e. The number of aliphatic carboxylic acids is 1. The van der Waals surface area contributed by atoms with Crippen molar-refractivity contribution in [2.45, 2.75) is 20.8 Å². The van der Waals surface area contributed by atoms with E-state index in [1.807, 2.05) is 18.7 Å². The number of rotatable bonds is 7.